The van der Waals surface area contributed by atoms with E-state index in [9.17, 15) is 14.9 Å². The molecule has 20 heavy (non-hydrogen) atoms. The van der Waals surface area contributed by atoms with E-state index < -0.39 is 0 Å². The van der Waals surface area contributed by atoms with Gasteiger partial charge in [-0.25, -0.2) is 0 Å². The minimum Gasteiger partial charge on any atom is -0.273 e. The van der Waals surface area contributed by atoms with Crippen LogP contribution < -0.4 is 5.43 Å². The van der Waals surface area contributed by atoms with Crippen molar-refractivity contribution in [3.63, 3.8) is 0 Å². The zero-order valence-electron chi connectivity index (χ0n) is 11.3. The third-order valence-corrected chi connectivity index (χ3v) is 3.08. The third-order valence-electron chi connectivity index (χ3n) is 3.08. The minimum absolute atomic E-state index is 0.0610. The van der Waals surface area contributed by atoms with Crippen LogP contribution >= 0.6 is 0 Å². The van der Waals surface area contributed by atoms with Crippen molar-refractivity contribution in [1.82, 2.24) is 4.68 Å². The summed E-state index contributed by atoms with van der Waals surface area (Å²) in [6.45, 7) is 1.83. The molecule has 1 aromatic heterocycles. The van der Waals surface area contributed by atoms with Crippen molar-refractivity contribution in [1.29, 1.82) is 0 Å². The fraction of sp³-hybridized carbons (Fsp3) is 0.357. The molecular formula is C14H17N3O3. The molecule has 106 valence electrons. The lowest BCUT2D eigenvalue weighted by Crippen LogP contribution is -2.21. The summed E-state index contributed by atoms with van der Waals surface area (Å²) >= 11 is 0. The lowest BCUT2D eigenvalue weighted by Gasteiger charge is -2.06. The van der Waals surface area contributed by atoms with Crippen LogP contribution in [0.5, 0.6) is 0 Å². The Kier molecular flexibility index (Phi) is 4.34. The van der Waals surface area contributed by atoms with E-state index in [-0.39, 0.29) is 17.4 Å². The van der Waals surface area contributed by atoms with Crippen LogP contribution in [0.4, 0.5) is 0 Å². The Balaban J connectivity index is 2.30. The molecule has 0 atom stereocenters. The normalized spacial score (nSPS) is 10.7. The molecule has 0 saturated heterocycles. The Labute approximate surface area is 116 Å². The van der Waals surface area contributed by atoms with Gasteiger partial charge in [0.25, 0.3) is 0 Å². The summed E-state index contributed by atoms with van der Waals surface area (Å²) in [5.41, 5.74) is 4.53. The van der Waals surface area contributed by atoms with E-state index in [1.54, 1.807) is 10.9 Å². The smallest absolute Gasteiger partial charge is 0.238 e. The summed E-state index contributed by atoms with van der Waals surface area (Å²) in [4.78, 5) is 21.9. The highest BCUT2D eigenvalue weighted by atomic mass is 16.6. The van der Waals surface area contributed by atoms with Gasteiger partial charge in [0.05, 0.1) is 5.52 Å². The Morgan fingerprint density at radius 2 is 2.15 bits per heavy atom. The summed E-state index contributed by atoms with van der Waals surface area (Å²) in [7, 11) is 0. The van der Waals surface area contributed by atoms with Crippen LogP contribution in [0.25, 0.3) is 10.9 Å². The topological polar surface area (TPSA) is 77.2 Å². The fourth-order valence-electron chi connectivity index (χ4n) is 2.17. The maximum Gasteiger partial charge on any atom is 0.238 e. The molecular weight excluding hydrogens is 258 g/mol. The molecule has 6 nitrogen and oxygen atoms in total. The van der Waals surface area contributed by atoms with Crippen LogP contribution in [0, 0.1) is 10.1 Å². The molecule has 0 aliphatic heterocycles. The number of fused-ring (bicyclic) bond motifs is 1. The number of rotatable bonds is 6. The number of amides is 1. The molecule has 1 amide bonds. The number of hydrogen-bond donors (Lipinski definition) is 1. The van der Waals surface area contributed by atoms with Crippen molar-refractivity contribution >= 4 is 16.8 Å². The van der Waals surface area contributed by atoms with Crippen molar-refractivity contribution < 1.29 is 9.72 Å². The average Bonchev–Trinajstić information content (AvgIpc) is 2.75. The van der Waals surface area contributed by atoms with Gasteiger partial charge in [0.15, 0.2) is 0 Å². The average molecular weight is 275 g/mol. The molecule has 1 heterocycles. The van der Waals surface area contributed by atoms with Crippen molar-refractivity contribution in [3.8, 4) is 0 Å². The zero-order valence-corrected chi connectivity index (χ0v) is 11.3. The van der Waals surface area contributed by atoms with Crippen molar-refractivity contribution in [2.45, 2.75) is 26.2 Å². The number of hydrogen-bond acceptors (Lipinski definition) is 3. The Morgan fingerprint density at radius 1 is 1.40 bits per heavy atom. The van der Waals surface area contributed by atoms with Crippen LogP contribution in [0.15, 0.2) is 30.5 Å². The van der Waals surface area contributed by atoms with Gasteiger partial charge in [-0.1, -0.05) is 25.1 Å². The van der Waals surface area contributed by atoms with E-state index >= 15 is 0 Å². The summed E-state index contributed by atoms with van der Waals surface area (Å²) in [5, 5.41) is 11.4. The van der Waals surface area contributed by atoms with E-state index in [1.807, 2.05) is 31.2 Å². The van der Waals surface area contributed by atoms with E-state index in [2.05, 4.69) is 5.43 Å². The van der Waals surface area contributed by atoms with Gasteiger partial charge in [-0.2, -0.15) is 0 Å². The van der Waals surface area contributed by atoms with Crippen LogP contribution in [-0.2, 0) is 11.2 Å². The van der Waals surface area contributed by atoms with Crippen LogP contribution in [-0.4, -0.2) is 22.1 Å². The number of nitro groups is 1. The first-order valence-electron chi connectivity index (χ1n) is 6.62. The second-order valence-electron chi connectivity index (χ2n) is 4.63. The monoisotopic (exact) mass is 275 g/mol. The third kappa shape index (κ3) is 3.14. The van der Waals surface area contributed by atoms with Gasteiger partial charge in [-0.15, -0.1) is 0 Å². The molecule has 6 heteroatoms. The summed E-state index contributed by atoms with van der Waals surface area (Å²) in [6.07, 6.45) is 3.35. The predicted molar refractivity (Wildman–Crippen MR) is 76.8 cm³/mol. The number of aromatic nitrogens is 1. The molecule has 1 aromatic carbocycles. The minimum atomic E-state index is -0.332. The lowest BCUT2D eigenvalue weighted by molar-refractivity contribution is -0.479. The zero-order chi connectivity index (χ0) is 14.5. The highest BCUT2D eigenvalue weighted by Crippen LogP contribution is 2.20. The van der Waals surface area contributed by atoms with Crippen molar-refractivity contribution in [3.05, 3.63) is 46.1 Å². The number of carbonyl (C=O) groups excluding carboxylic acids is 1. The van der Waals surface area contributed by atoms with Gasteiger partial charge in [-0.05, 0) is 18.1 Å². The van der Waals surface area contributed by atoms with Gasteiger partial charge < -0.3 is 0 Å². The van der Waals surface area contributed by atoms with Crippen molar-refractivity contribution in [2.24, 2.45) is 0 Å². The number of nitrogens with one attached hydrogen (secondary N) is 1. The van der Waals surface area contributed by atoms with Gasteiger partial charge in [0.1, 0.15) is 0 Å². The van der Waals surface area contributed by atoms with E-state index in [1.165, 1.54) is 0 Å². The summed E-state index contributed by atoms with van der Waals surface area (Å²) in [6, 6.07) is 7.56. The lowest BCUT2D eigenvalue weighted by atomic mass is 10.1. The second kappa shape index (κ2) is 6.18. The van der Waals surface area contributed by atoms with Crippen LogP contribution in [0.1, 0.15) is 25.3 Å². The van der Waals surface area contributed by atoms with E-state index in [0.29, 0.717) is 12.8 Å². The molecule has 0 spiro atoms. The Hall–Kier alpha value is -2.37. The molecule has 0 unspecified atom stereocenters. The maximum absolute atomic E-state index is 11.7. The first kappa shape index (κ1) is 14.0. The molecule has 0 aliphatic rings. The molecule has 0 fully saturated rings. The fourth-order valence-corrected chi connectivity index (χ4v) is 2.17. The van der Waals surface area contributed by atoms with Gasteiger partial charge >= 0.3 is 0 Å². The number of para-hydroxylation sites is 1. The number of nitrogens with zero attached hydrogens (tertiary/aromatic N) is 2. The summed E-state index contributed by atoms with van der Waals surface area (Å²) in [5.74, 6) is -0.0610. The number of benzene rings is 1. The molecule has 0 bridgehead atoms. The maximum atomic E-state index is 11.7. The molecule has 2 aromatic rings. The molecule has 2 rings (SSSR count). The van der Waals surface area contributed by atoms with Gasteiger partial charge in [-0.3, -0.25) is 25.0 Å². The first-order valence-corrected chi connectivity index (χ1v) is 6.62. The van der Waals surface area contributed by atoms with Gasteiger partial charge in [0.2, 0.25) is 12.5 Å². The van der Waals surface area contributed by atoms with Crippen LogP contribution in [0.3, 0.4) is 0 Å². The second-order valence-corrected chi connectivity index (χ2v) is 4.63. The van der Waals surface area contributed by atoms with E-state index in [4.69, 9.17) is 0 Å². The van der Waals surface area contributed by atoms with Crippen molar-refractivity contribution in [2.75, 3.05) is 12.0 Å². The first-order chi connectivity index (χ1) is 9.61. The molecule has 0 saturated carbocycles. The SMILES string of the molecule is CCCC(=O)Nn1cc(CC[N+](=O)[O-])c2ccccc21. The standard InChI is InChI=1S/C14H17N3O3/c1-2-5-14(18)15-16-10-11(8-9-17(19)20)12-6-3-4-7-13(12)16/h3-4,6-7,10H,2,5,8-9H2,1H3,(H,15,18). The number of carbonyl (C=O) groups is 1. The summed E-state index contributed by atoms with van der Waals surface area (Å²) < 4.78 is 1.66. The quantitative estimate of drug-likeness (QED) is 0.649. The predicted octanol–water partition coefficient (Wildman–Crippen LogP) is 2.33. The Bertz CT molecular complexity index is 634. The molecule has 0 radical (unpaired) electrons. The largest absolute Gasteiger partial charge is 0.273 e. The highest BCUT2D eigenvalue weighted by molar-refractivity contribution is 5.89. The Morgan fingerprint density at radius 3 is 2.85 bits per heavy atom. The molecule has 0 aliphatic carbocycles. The van der Waals surface area contributed by atoms with E-state index in [0.717, 1.165) is 22.9 Å². The van der Waals surface area contributed by atoms with Crippen LogP contribution in [0.2, 0.25) is 0 Å². The highest BCUT2D eigenvalue weighted by Gasteiger charge is 2.11. The van der Waals surface area contributed by atoms with Gasteiger partial charge in [0, 0.05) is 29.3 Å². The molecule has 1 N–H and O–H groups in total.